The van der Waals surface area contributed by atoms with E-state index in [1.54, 1.807) is 0 Å². The Morgan fingerprint density at radius 2 is 0.683 bits per heavy atom. The molecule has 1 heteroatoms. The van der Waals surface area contributed by atoms with Crippen molar-refractivity contribution in [2.45, 2.75) is 19.3 Å². The standard InChI is InChI=1S/C59H40Si/c1-59(2)57-39(37-18-4-3-5-19-37)27-16-28-48(57)49-29-17-30-50(58(49)59)56-46-25-8-6-23-44(46)55(45-24-7-9-26-47(45)56)38-34-35-43-42-22-12-15-33-53(42)60(54(43)36-38)51-31-13-10-20-40(51)41-21-11-14-32-52(41)60/h3-36H,1-2H3. The van der Waals surface area contributed by atoms with E-state index in [9.17, 15) is 0 Å². The maximum Gasteiger partial charge on any atom is 0.182 e. The van der Waals surface area contributed by atoms with Crippen LogP contribution in [-0.2, 0) is 5.41 Å². The van der Waals surface area contributed by atoms with Crippen LogP contribution in [-0.4, -0.2) is 8.07 Å². The van der Waals surface area contributed by atoms with Crippen molar-refractivity contribution in [2.24, 2.45) is 0 Å². The molecule has 0 radical (unpaired) electrons. The molecule has 10 aromatic rings. The molecule has 0 unspecified atom stereocenters. The molecule has 0 saturated carbocycles. The first-order valence-corrected chi connectivity index (χ1v) is 23.3. The molecule has 0 amide bonds. The van der Waals surface area contributed by atoms with E-state index in [2.05, 4.69) is 220 Å². The van der Waals surface area contributed by atoms with Crippen LogP contribution in [0.15, 0.2) is 206 Å². The summed E-state index contributed by atoms with van der Waals surface area (Å²) in [4.78, 5) is 0. The van der Waals surface area contributed by atoms with Crippen LogP contribution in [0.5, 0.6) is 0 Å². The van der Waals surface area contributed by atoms with Gasteiger partial charge in [-0.2, -0.15) is 0 Å². The summed E-state index contributed by atoms with van der Waals surface area (Å²) in [7, 11) is -2.60. The van der Waals surface area contributed by atoms with Crippen LogP contribution < -0.4 is 20.7 Å². The van der Waals surface area contributed by atoms with Crippen molar-refractivity contribution in [1.29, 1.82) is 0 Å². The van der Waals surface area contributed by atoms with Crippen LogP contribution in [0, 0.1) is 0 Å². The molecule has 2 aliphatic heterocycles. The molecule has 0 N–H and O–H groups in total. The lowest BCUT2D eigenvalue weighted by Gasteiger charge is -2.29. The number of hydrogen-bond acceptors (Lipinski definition) is 0. The number of rotatable bonds is 3. The largest absolute Gasteiger partial charge is 0.182 e. The quantitative estimate of drug-likeness (QED) is 0.124. The number of hydrogen-bond donors (Lipinski definition) is 0. The fraction of sp³-hybridized carbons (Fsp3) is 0.0508. The van der Waals surface area contributed by atoms with Gasteiger partial charge in [-0.25, -0.2) is 0 Å². The second kappa shape index (κ2) is 12.2. The van der Waals surface area contributed by atoms with Crippen molar-refractivity contribution in [2.75, 3.05) is 0 Å². The van der Waals surface area contributed by atoms with Gasteiger partial charge in [0.15, 0.2) is 8.07 Å². The molecule has 10 aromatic carbocycles. The molecule has 1 spiro atoms. The molecule has 1 aliphatic carbocycles. The highest BCUT2D eigenvalue weighted by Gasteiger charge is 2.54. The normalized spacial score (nSPS) is 14.4. The first-order valence-electron chi connectivity index (χ1n) is 21.3. The highest BCUT2D eigenvalue weighted by Crippen LogP contribution is 2.57. The van der Waals surface area contributed by atoms with Crippen LogP contribution in [0.2, 0.25) is 0 Å². The zero-order valence-corrected chi connectivity index (χ0v) is 34.6. The number of benzene rings is 10. The zero-order valence-electron chi connectivity index (χ0n) is 33.6. The van der Waals surface area contributed by atoms with Crippen LogP contribution in [0.1, 0.15) is 25.0 Å². The molecule has 0 atom stereocenters. The van der Waals surface area contributed by atoms with E-state index >= 15 is 0 Å². The predicted molar refractivity (Wildman–Crippen MR) is 257 cm³/mol. The third kappa shape index (κ3) is 4.25. The maximum absolute atomic E-state index is 2.61. The van der Waals surface area contributed by atoms with E-state index < -0.39 is 8.07 Å². The lowest BCUT2D eigenvalue weighted by atomic mass is 9.75. The fourth-order valence-electron chi connectivity index (χ4n) is 12.1. The predicted octanol–water partition coefficient (Wildman–Crippen LogP) is 12.6. The topological polar surface area (TPSA) is 0 Å². The minimum absolute atomic E-state index is 0.226. The average molecular weight is 777 g/mol. The Hall–Kier alpha value is -7.06. The summed E-state index contributed by atoms with van der Waals surface area (Å²) in [5.74, 6) is 0. The smallest absolute Gasteiger partial charge is 0.0623 e. The molecule has 280 valence electrons. The van der Waals surface area contributed by atoms with E-state index in [1.165, 1.54) is 120 Å². The highest BCUT2D eigenvalue weighted by molar-refractivity contribution is 7.24. The van der Waals surface area contributed by atoms with Crippen LogP contribution in [0.4, 0.5) is 0 Å². The van der Waals surface area contributed by atoms with Crippen molar-refractivity contribution in [1.82, 2.24) is 0 Å². The first-order chi connectivity index (χ1) is 29.6. The summed E-state index contributed by atoms with van der Waals surface area (Å²) in [5, 5.41) is 11.2. The molecule has 0 aromatic heterocycles. The molecule has 2 heterocycles. The van der Waals surface area contributed by atoms with Crippen molar-refractivity contribution in [3.05, 3.63) is 217 Å². The summed E-state index contributed by atoms with van der Waals surface area (Å²) in [5.41, 5.74) is 18.7. The van der Waals surface area contributed by atoms with Gasteiger partial charge in [0.05, 0.1) is 0 Å². The van der Waals surface area contributed by atoms with E-state index in [0.717, 1.165) is 0 Å². The Balaban J connectivity index is 1.08. The lowest BCUT2D eigenvalue weighted by molar-refractivity contribution is 0.664. The number of fused-ring (bicyclic) bond motifs is 15. The summed E-state index contributed by atoms with van der Waals surface area (Å²) in [6, 6.07) is 78.5. The van der Waals surface area contributed by atoms with Crippen molar-refractivity contribution >= 4 is 50.4 Å². The van der Waals surface area contributed by atoms with E-state index in [4.69, 9.17) is 0 Å². The molecule has 0 nitrogen and oxygen atoms in total. The van der Waals surface area contributed by atoms with E-state index in [1.807, 2.05) is 0 Å². The SMILES string of the molecule is CC1(C)c2c(-c3ccccc3)cccc2-c2cccc(-c3c4ccccc4c(-c4ccc5c(c4)[Si]4(c6ccccc6-c6ccccc64)c4ccccc4-5)c4ccccc34)c21. The van der Waals surface area contributed by atoms with Gasteiger partial charge >= 0.3 is 0 Å². The fourth-order valence-corrected chi connectivity index (χ4v) is 17.7. The van der Waals surface area contributed by atoms with Gasteiger partial charge < -0.3 is 0 Å². The summed E-state index contributed by atoms with van der Waals surface area (Å²) in [6.07, 6.45) is 0. The lowest BCUT2D eigenvalue weighted by Crippen LogP contribution is -2.70. The van der Waals surface area contributed by atoms with Crippen molar-refractivity contribution in [3.63, 3.8) is 0 Å². The Kier molecular flexibility index (Phi) is 6.91. The van der Waals surface area contributed by atoms with Gasteiger partial charge in [-0.05, 0) is 120 Å². The van der Waals surface area contributed by atoms with E-state index in [0.29, 0.717) is 0 Å². The third-order valence-electron chi connectivity index (χ3n) is 14.2. The molecule has 0 bridgehead atoms. The molecule has 3 aliphatic rings. The van der Waals surface area contributed by atoms with Crippen LogP contribution >= 0.6 is 0 Å². The van der Waals surface area contributed by atoms with Gasteiger partial charge in [0, 0.05) is 5.41 Å². The minimum atomic E-state index is -2.60. The van der Waals surface area contributed by atoms with Crippen LogP contribution in [0.25, 0.3) is 88.3 Å². The minimum Gasteiger partial charge on any atom is -0.0623 e. The molecule has 0 fully saturated rings. The van der Waals surface area contributed by atoms with Crippen LogP contribution in [0.3, 0.4) is 0 Å². The summed E-state index contributed by atoms with van der Waals surface area (Å²) >= 11 is 0. The first kappa shape index (κ1) is 33.9. The highest BCUT2D eigenvalue weighted by atomic mass is 28.3. The summed E-state index contributed by atoms with van der Waals surface area (Å²) in [6.45, 7) is 4.88. The summed E-state index contributed by atoms with van der Waals surface area (Å²) < 4.78 is 0. The van der Waals surface area contributed by atoms with Gasteiger partial charge in [-0.1, -0.05) is 220 Å². The Morgan fingerprint density at radius 3 is 1.23 bits per heavy atom. The average Bonchev–Trinajstić information content (AvgIpc) is 3.87. The third-order valence-corrected chi connectivity index (χ3v) is 19.2. The molecular formula is C59H40Si. The molecule has 0 saturated heterocycles. The molecular weight excluding hydrogens is 737 g/mol. The Bertz CT molecular complexity index is 3340. The maximum atomic E-state index is 2.61. The van der Waals surface area contributed by atoms with Gasteiger partial charge in [-0.15, -0.1) is 0 Å². The van der Waals surface area contributed by atoms with Crippen molar-refractivity contribution < 1.29 is 0 Å². The second-order valence-electron chi connectivity index (χ2n) is 17.4. The monoisotopic (exact) mass is 776 g/mol. The van der Waals surface area contributed by atoms with Gasteiger partial charge in [0.1, 0.15) is 0 Å². The molecule has 60 heavy (non-hydrogen) atoms. The Morgan fingerprint density at radius 1 is 0.283 bits per heavy atom. The zero-order chi connectivity index (χ0) is 39.7. The Labute approximate surface area is 352 Å². The second-order valence-corrected chi connectivity index (χ2v) is 21.1. The van der Waals surface area contributed by atoms with Gasteiger partial charge in [-0.3, -0.25) is 0 Å². The van der Waals surface area contributed by atoms with Gasteiger partial charge in [0.2, 0.25) is 0 Å². The van der Waals surface area contributed by atoms with E-state index in [-0.39, 0.29) is 5.41 Å². The van der Waals surface area contributed by atoms with Gasteiger partial charge in [0.25, 0.3) is 0 Å². The van der Waals surface area contributed by atoms with Crippen molar-refractivity contribution in [3.8, 4) is 66.8 Å². The molecule has 13 rings (SSSR count).